The minimum absolute atomic E-state index is 0.120. The number of amides is 1. The molecule has 0 radical (unpaired) electrons. The molecule has 1 aliphatic rings. The highest BCUT2D eigenvalue weighted by molar-refractivity contribution is 5.84. The molecule has 3 aromatic heterocycles. The predicted octanol–water partition coefficient (Wildman–Crippen LogP) is 3.50. The molecular weight excluding hydrogens is 400 g/mol. The number of nitrogens with zero attached hydrogens (tertiary/aromatic N) is 6. The van der Waals surface area contributed by atoms with Crippen molar-refractivity contribution in [1.29, 1.82) is 0 Å². The lowest BCUT2D eigenvalue weighted by Crippen LogP contribution is -2.49. The van der Waals surface area contributed by atoms with Gasteiger partial charge >= 0.3 is 0 Å². The molecule has 0 spiro atoms. The monoisotopic (exact) mass is 428 g/mol. The van der Waals surface area contributed by atoms with Crippen LogP contribution in [0.5, 0.6) is 0 Å². The third kappa shape index (κ3) is 3.75. The van der Waals surface area contributed by atoms with Gasteiger partial charge in [-0.1, -0.05) is 35.9 Å². The summed E-state index contributed by atoms with van der Waals surface area (Å²) in [6, 6.07) is 12.5. The molecule has 4 heterocycles. The van der Waals surface area contributed by atoms with E-state index in [0.717, 1.165) is 54.1 Å². The molecule has 0 saturated carbocycles. The van der Waals surface area contributed by atoms with Crippen LogP contribution in [0.2, 0.25) is 0 Å². The van der Waals surface area contributed by atoms with E-state index >= 15 is 0 Å². The molecule has 0 aliphatic carbocycles. The standard InChI is InChI=1S/C25H28N6O/c1-18-4-6-20(7-5-18)19(2)25(32)30-12-10-29(11-13-30)24-15-27-31-17-21(8-9-23(24)31)22-14-26-28(3)16-22/h4-9,14-17,19H,10-13H2,1-3H3/t19-/m0/s1. The predicted molar refractivity (Wildman–Crippen MR) is 126 cm³/mol. The molecule has 164 valence electrons. The number of hydrogen-bond donors (Lipinski definition) is 0. The normalized spacial score (nSPS) is 15.3. The van der Waals surface area contributed by atoms with Crippen molar-refractivity contribution in [3.8, 4) is 11.1 Å². The van der Waals surface area contributed by atoms with Crippen molar-refractivity contribution in [2.24, 2.45) is 7.05 Å². The molecule has 1 fully saturated rings. The average Bonchev–Trinajstić information content (AvgIpc) is 3.44. The van der Waals surface area contributed by atoms with Crippen molar-refractivity contribution >= 4 is 17.1 Å². The van der Waals surface area contributed by atoms with Crippen molar-refractivity contribution in [1.82, 2.24) is 24.3 Å². The van der Waals surface area contributed by atoms with Crippen LogP contribution < -0.4 is 4.90 Å². The Hall–Kier alpha value is -3.61. The van der Waals surface area contributed by atoms with E-state index in [1.54, 1.807) is 4.68 Å². The van der Waals surface area contributed by atoms with Gasteiger partial charge in [0.2, 0.25) is 5.91 Å². The highest BCUT2D eigenvalue weighted by atomic mass is 16.2. The van der Waals surface area contributed by atoms with Gasteiger partial charge in [0.1, 0.15) is 0 Å². The van der Waals surface area contributed by atoms with Gasteiger partial charge in [0, 0.05) is 56.7 Å². The van der Waals surface area contributed by atoms with Crippen molar-refractivity contribution in [3.63, 3.8) is 0 Å². The second-order valence-electron chi connectivity index (χ2n) is 8.62. The third-order valence-electron chi connectivity index (χ3n) is 6.41. The average molecular weight is 429 g/mol. The summed E-state index contributed by atoms with van der Waals surface area (Å²) in [6.45, 7) is 7.12. The van der Waals surface area contributed by atoms with Gasteiger partial charge in [-0.25, -0.2) is 4.52 Å². The number of rotatable bonds is 4. The Morgan fingerprint density at radius 1 is 0.906 bits per heavy atom. The topological polar surface area (TPSA) is 58.7 Å². The van der Waals surface area contributed by atoms with Gasteiger partial charge in [0.05, 0.1) is 29.5 Å². The summed E-state index contributed by atoms with van der Waals surface area (Å²) in [4.78, 5) is 17.4. The summed E-state index contributed by atoms with van der Waals surface area (Å²) < 4.78 is 3.73. The zero-order valence-electron chi connectivity index (χ0n) is 18.8. The van der Waals surface area contributed by atoms with Crippen molar-refractivity contribution in [3.05, 3.63) is 72.3 Å². The Balaban J connectivity index is 1.27. The van der Waals surface area contributed by atoms with E-state index in [1.807, 2.05) is 48.2 Å². The number of aromatic nitrogens is 4. The van der Waals surface area contributed by atoms with Gasteiger partial charge in [0.15, 0.2) is 0 Å². The molecule has 1 amide bonds. The summed E-state index contributed by atoms with van der Waals surface area (Å²) in [6.07, 6.45) is 7.83. The zero-order chi connectivity index (χ0) is 22.2. The second-order valence-corrected chi connectivity index (χ2v) is 8.62. The minimum Gasteiger partial charge on any atom is -0.365 e. The molecule has 7 nitrogen and oxygen atoms in total. The van der Waals surface area contributed by atoms with E-state index in [0.29, 0.717) is 0 Å². The van der Waals surface area contributed by atoms with E-state index in [1.165, 1.54) is 5.56 Å². The molecule has 1 atom stereocenters. The first kappa shape index (κ1) is 20.3. The first-order valence-corrected chi connectivity index (χ1v) is 11.1. The van der Waals surface area contributed by atoms with Crippen molar-refractivity contribution in [2.45, 2.75) is 19.8 Å². The number of anilines is 1. The molecule has 0 N–H and O–H groups in total. The first-order chi connectivity index (χ1) is 15.5. The summed E-state index contributed by atoms with van der Waals surface area (Å²) >= 11 is 0. The minimum atomic E-state index is -0.120. The fourth-order valence-electron chi connectivity index (χ4n) is 4.39. The van der Waals surface area contributed by atoms with Gasteiger partial charge < -0.3 is 9.80 Å². The summed E-state index contributed by atoms with van der Waals surface area (Å²) in [7, 11) is 1.92. The molecule has 7 heteroatoms. The van der Waals surface area contributed by atoms with E-state index in [4.69, 9.17) is 0 Å². The summed E-state index contributed by atoms with van der Waals surface area (Å²) in [5, 5.41) is 8.84. The molecule has 0 unspecified atom stereocenters. The SMILES string of the molecule is Cc1ccc([C@H](C)C(=O)N2CCN(c3cnn4cc(-c5cnn(C)c5)ccc34)CC2)cc1. The number of pyridine rings is 1. The molecule has 5 rings (SSSR count). The van der Waals surface area contributed by atoms with Crippen molar-refractivity contribution in [2.75, 3.05) is 31.1 Å². The maximum absolute atomic E-state index is 13.0. The molecule has 4 aromatic rings. The van der Waals surface area contributed by atoms with Crippen LogP contribution in [0.4, 0.5) is 5.69 Å². The van der Waals surface area contributed by atoms with Crippen LogP contribution in [0.3, 0.4) is 0 Å². The number of benzene rings is 1. The van der Waals surface area contributed by atoms with Gasteiger partial charge in [-0.05, 0) is 25.5 Å². The van der Waals surface area contributed by atoms with Crippen LogP contribution in [0, 0.1) is 6.92 Å². The molecule has 32 heavy (non-hydrogen) atoms. The van der Waals surface area contributed by atoms with Gasteiger partial charge in [-0.3, -0.25) is 9.48 Å². The van der Waals surface area contributed by atoms with Crippen LogP contribution in [0.15, 0.2) is 61.2 Å². The number of hydrogen-bond acceptors (Lipinski definition) is 4. The Kier molecular flexibility index (Phi) is 5.17. The largest absolute Gasteiger partial charge is 0.365 e. The lowest BCUT2D eigenvalue weighted by Gasteiger charge is -2.36. The summed E-state index contributed by atoms with van der Waals surface area (Å²) in [5.74, 6) is 0.0829. The van der Waals surface area contributed by atoms with E-state index in [9.17, 15) is 4.79 Å². The van der Waals surface area contributed by atoms with Crippen molar-refractivity contribution < 1.29 is 4.79 Å². The molecule has 1 aromatic carbocycles. The Labute approximate surface area is 187 Å². The van der Waals surface area contributed by atoms with E-state index in [-0.39, 0.29) is 11.8 Å². The Morgan fingerprint density at radius 2 is 1.66 bits per heavy atom. The van der Waals surface area contributed by atoms with Crippen LogP contribution >= 0.6 is 0 Å². The Morgan fingerprint density at radius 3 is 2.34 bits per heavy atom. The van der Waals surface area contributed by atoms with E-state index < -0.39 is 0 Å². The highest BCUT2D eigenvalue weighted by Gasteiger charge is 2.27. The van der Waals surface area contributed by atoms with Crippen LogP contribution in [0.1, 0.15) is 24.0 Å². The van der Waals surface area contributed by atoms with Crippen LogP contribution in [0.25, 0.3) is 16.6 Å². The first-order valence-electron chi connectivity index (χ1n) is 11.1. The lowest BCUT2D eigenvalue weighted by molar-refractivity contribution is -0.132. The second kappa shape index (κ2) is 8.15. The summed E-state index contributed by atoms with van der Waals surface area (Å²) in [5.41, 5.74) is 6.63. The molecular formula is C25H28N6O. The molecule has 0 bridgehead atoms. The maximum Gasteiger partial charge on any atom is 0.229 e. The third-order valence-corrected chi connectivity index (χ3v) is 6.41. The maximum atomic E-state index is 13.0. The lowest BCUT2D eigenvalue weighted by atomic mass is 9.98. The van der Waals surface area contributed by atoms with Crippen LogP contribution in [-0.4, -0.2) is 56.4 Å². The van der Waals surface area contributed by atoms with E-state index in [2.05, 4.69) is 58.4 Å². The number of carbonyl (C=O) groups is 1. The van der Waals surface area contributed by atoms with Crippen LogP contribution in [-0.2, 0) is 11.8 Å². The Bertz CT molecular complexity index is 1250. The highest BCUT2D eigenvalue weighted by Crippen LogP contribution is 2.27. The number of fused-ring (bicyclic) bond motifs is 1. The quantitative estimate of drug-likeness (QED) is 0.499. The smallest absolute Gasteiger partial charge is 0.229 e. The molecule has 1 aliphatic heterocycles. The fourth-order valence-corrected chi connectivity index (χ4v) is 4.39. The number of aryl methyl sites for hydroxylation is 2. The van der Waals surface area contributed by atoms with Gasteiger partial charge in [0.25, 0.3) is 0 Å². The number of piperazine rings is 1. The number of carbonyl (C=O) groups excluding carboxylic acids is 1. The van der Waals surface area contributed by atoms with Gasteiger partial charge in [-0.2, -0.15) is 10.2 Å². The molecule has 1 saturated heterocycles. The zero-order valence-corrected chi connectivity index (χ0v) is 18.8. The fraction of sp³-hybridized carbons (Fsp3) is 0.320. The van der Waals surface area contributed by atoms with Gasteiger partial charge in [-0.15, -0.1) is 0 Å².